The fourth-order valence-corrected chi connectivity index (χ4v) is 6.16. The van der Waals surface area contributed by atoms with Crippen LogP contribution in [0, 0.1) is 11.8 Å². The molecule has 2 heterocycles. The molecule has 2 aliphatic rings. The summed E-state index contributed by atoms with van der Waals surface area (Å²) >= 11 is 12.0. The van der Waals surface area contributed by atoms with Crippen LogP contribution in [0.4, 0.5) is 0 Å². The molecular weight excluding hydrogens is 463 g/mol. The van der Waals surface area contributed by atoms with E-state index >= 15 is 0 Å². The Kier molecular flexibility index (Phi) is 7.89. The fraction of sp³-hybridized carbons (Fsp3) is 0.619. The normalized spacial score (nSPS) is 20.5. The van der Waals surface area contributed by atoms with Gasteiger partial charge in [-0.3, -0.25) is 9.59 Å². The zero-order valence-corrected chi connectivity index (χ0v) is 20.0. The lowest BCUT2D eigenvalue weighted by Gasteiger charge is -2.33. The van der Waals surface area contributed by atoms with Gasteiger partial charge >= 0.3 is 5.97 Å². The first kappa shape index (κ1) is 24.3. The molecule has 2 fully saturated rings. The molecule has 1 aromatic carbocycles. The number of carbonyl (C=O) groups excluding carboxylic acids is 2. The van der Waals surface area contributed by atoms with Gasteiger partial charge in [0.25, 0.3) is 5.91 Å². The molecule has 0 aliphatic carbocycles. The SMILES string of the molecule is CC1CCN(C(=O)C(C)OC(=O)C2CCN(S(=O)(=O)c3cc(Cl)ccc3Cl)CC2)CC1. The number of piperidine rings is 2. The minimum Gasteiger partial charge on any atom is -0.452 e. The molecule has 0 radical (unpaired) electrons. The van der Waals surface area contributed by atoms with Crippen LogP contribution in [0.3, 0.4) is 0 Å². The van der Waals surface area contributed by atoms with E-state index in [0.29, 0.717) is 31.8 Å². The molecule has 172 valence electrons. The summed E-state index contributed by atoms with van der Waals surface area (Å²) in [5.41, 5.74) is 0. The van der Waals surface area contributed by atoms with Crippen LogP contribution in [0.15, 0.2) is 23.1 Å². The van der Waals surface area contributed by atoms with E-state index in [1.165, 1.54) is 22.5 Å². The van der Waals surface area contributed by atoms with Gasteiger partial charge in [0.05, 0.1) is 10.9 Å². The molecule has 1 aromatic rings. The number of rotatable bonds is 5. The molecule has 3 rings (SSSR count). The second-order valence-electron chi connectivity index (χ2n) is 8.34. The first-order chi connectivity index (χ1) is 14.6. The van der Waals surface area contributed by atoms with Crippen molar-refractivity contribution in [1.82, 2.24) is 9.21 Å². The lowest BCUT2D eigenvalue weighted by Crippen LogP contribution is -2.45. The molecule has 2 saturated heterocycles. The van der Waals surface area contributed by atoms with E-state index in [-0.39, 0.29) is 33.9 Å². The van der Waals surface area contributed by atoms with Gasteiger partial charge in [-0.1, -0.05) is 30.1 Å². The summed E-state index contributed by atoms with van der Waals surface area (Å²) < 4.78 is 32.6. The predicted octanol–water partition coefficient (Wildman–Crippen LogP) is 3.58. The first-order valence-electron chi connectivity index (χ1n) is 10.5. The zero-order valence-electron chi connectivity index (χ0n) is 17.7. The molecule has 1 unspecified atom stereocenters. The van der Waals surface area contributed by atoms with Crippen LogP contribution < -0.4 is 0 Å². The monoisotopic (exact) mass is 490 g/mol. The lowest BCUT2D eigenvalue weighted by molar-refractivity contribution is -0.164. The van der Waals surface area contributed by atoms with Crippen molar-refractivity contribution < 1.29 is 22.7 Å². The number of benzene rings is 1. The second kappa shape index (κ2) is 10.1. The van der Waals surface area contributed by atoms with E-state index in [1.54, 1.807) is 11.8 Å². The number of sulfonamides is 1. The molecule has 0 saturated carbocycles. The average Bonchev–Trinajstić information content (AvgIpc) is 2.75. The zero-order chi connectivity index (χ0) is 22.8. The van der Waals surface area contributed by atoms with Crippen molar-refractivity contribution in [3.8, 4) is 0 Å². The van der Waals surface area contributed by atoms with Crippen LogP contribution in [0.5, 0.6) is 0 Å². The Morgan fingerprint density at radius 2 is 1.68 bits per heavy atom. The van der Waals surface area contributed by atoms with E-state index in [0.717, 1.165) is 12.8 Å². The minimum absolute atomic E-state index is 0.0437. The Morgan fingerprint density at radius 1 is 1.06 bits per heavy atom. The van der Waals surface area contributed by atoms with Crippen LogP contribution in [-0.2, 0) is 24.3 Å². The Hall–Kier alpha value is -1.35. The smallest absolute Gasteiger partial charge is 0.309 e. The number of nitrogens with zero attached hydrogens (tertiary/aromatic N) is 2. The van der Waals surface area contributed by atoms with Crippen molar-refractivity contribution in [2.24, 2.45) is 11.8 Å². The number of likely N-dealkylation sites (tertiary alicyclic amines) is 1. The van der Waals surface area contributed by atoms with Gasteiger partial charge in [-0.05, 0) is 56.7 Å². The number of amides is 1. The Bertz CT molecular complexity index is 924. The van der Waals surface area contributed by atoms with Crippen molar-refractivity contribution in [2.45, 2.75) is 50.5 Å². The number of hydrogen-bond donors (Lipinski definition) is 0. The summed E-state index contributed by atoms with van der Waals surface area (Å²) in [6.07, 6.45) is 1.70. The molecule has 0 N–H and O–H groups in total. The van der Waals surface area contributed by atoms with Crippen LogP contribution in [0.2, 0.25) is 10.0 Å². The quantitative estimate of drug-likeness (QED) is 0.588. The van der Waals surface area contributed by atoms with Crippen LogP contribution in [0.1, 0.15) is 39.5 Å². The van der Waals surface area contributed by atoms with Crippen LogP contribution in [-0.4, -0.2) is 61.8 Å². The number of carbonyl (C=O) groups is 2. The largest absolute Gasteiger partial charge is 0.452 e. The second-order valence-corrected chi connectivity index (χ2v) is 11.1. The maximum absolute atomic E-state index is 12.9. The van der Waals surface area contributed by atoms with Gasteiger partial charge in [0.15, 0.2) is 6.10 Å². The number of esters is 1. The molecule has 7 nitrogen and oxygen atoms in total. The summed E-state index contributed by atoms with van der Waals surface area (Å²) in [6, 6.07) is 4.30. The number of ether oxygens (including phenoxy) is 1. The lowest BCUT2D eigenvalue weighted by atomic mass is 9.98. The Labute approximate surface area is 193 Å². The minimum atomic E-state index is -3.82. The topological polar surface area (TPSA) is 84.0 Å². The van der Waals surface area contributed by atoms with Gasteiger partial charge in [0.1, 0.15) is 4.90 Å². The van der Waals surface area contributed by atoms with Crippen molar-refractivity contribution in [3.05, 3.63) is 28.2 Å². The third kappa shape index (κ3) is 5.72. The molecule has 1 amide bonds. The maximum atomic E-state index is 12.9. The molecule has 31 heavy (non-hydrogen) atoms. The molecule has 0 spiro atoms. The summed E-state index contributed by atoms with van der Waals surface area (Å²) in [4.78, 5) is 26.8. The van der Waals surface area contributed by atoms with E-state index in [2.05, 4.69) is 6.92 Å². The Balaban J connectivity index is 1.54. The summed E-state index contributed by atoms with van der Waals surface area (Å²) in [7, 11) is -3.82. The van der Waals surface area contributed by atoms with E-state index in [9.17, 15) is 18.0 Å². The van der Waals surface area contributed by atoms with Crippen molar-refractivity contribution in [2.75, 3.05) is 26.2 Å². The molecule has 2 aliphatic heterocycles. The van der Waals surface area contributed by atoms with Crippen molar-refractivity contribution >= 4 is 45.1 Å². The maximum Gasteiger partial charge on any atom is 0.309 e. The highest BCUT2D eigenvalue weighted by atomic mass is 35.5. The van der Waals surface area contributed by atoms with Gasteiger partial charge in [-0.25, -0.2) is 8.42 Å². The van der Waals surface area contributed by atoms with Crippen molar-refractivity contribution in [3.63, 3.8) is 0 Å². The molecule has 0 aromatic heterocycles. The van der Waals surface area contributed by atoms with E-state index < -0.39 is 28.0 Å². The van der Waals surface area contributed by atoms with E-state index in [1.807, 2.05) is 0 Å². The average molecular weight is 491 g/mol. The molecule has 1 atom stereocenters. The van der Waals surface area contributed by atoms with Gasteiger partial charge in [-0.15, -0.1) is 0 Å². The first-order valence-corrected chi connectivity index (χ1v) is 12.7. The Morgan fingerprint density at radius 3 is 2.29 bits per heavy atom. The highest BCUT2D eigenvalue weighted by Gasteiger charge is 2.35. The summed E-state index contributed by atoms with van der Waals surface area (Å²) in [6.45, 7) is 5.46. The highest BCUT2D eigenvalue weighted by Crippen LogP contribution is 2.30. The third-order valence-corrected chi connectivity index (χ3v) is 8.65. The van der Waals surface area contributed by atoms with Crippen LogP contribution >= 0.6 is 23.2 Å². The standard InChI is InChI=1S/C21H28Cl2N2O5S/c1-14-5-9-24(10-6-14)20(26)15(2)30-21(27)16-7-11-25(12-8-16)31(28,29)19-13-17(22)3-4-18(19)23/h3-4,13-16H,5-12H2,1-2H3. The number of hydrogen-bond acceptors (Lipinski definition) is 5. The fourth-order valence-electron chi connectivity index (χ4n) is 3.95. The van der Waals surface area contributed by atoms with Gasteiger partial charge in [0.2, 0.25) is 10.0 Å². The molecular formula is C21H28Cl2N2O5S. The predicted molar refractivity (Wildman–Crippen MR) is 118 cm³/mol. The van der Waals surface area contributed by atoms with Gasteiger partial charge < -0.3 is 9.64 Å². The third-order valence-electron chi connectivity index (χ3n) is 6.03. The van der Waals surface area contributed by atoms with Gasteiger partial charge in [0, 0.05) is 31.2 Å². The summed E-state index contributed by atoms with van der Waals surface area (Å²) in [5, 5.41) is 0.383. The van der Waals surface area contributed by atoms with Crippen LogP contribution in [0.25, 0.3) is 0 Å². The van der Waals surface area contributed by atoms with E-state index in [4.69, 9.17) is 27.9 Å². The highest BCUT2D eigenvalue weighted by molar-refractivity contribution is 7.89. The summed E-state index contributed by atoms with van der Waals surface area (Å²) in [5.74, 6) is -0.469. The van der Waals surface area contributed by atoms with Crippen molar-refractivity contribution in [1.29, 1.82) is 0 Å². The molecule has 10 heteroatoms. The van der Waals surface area contributed by atoms with Gasteiger partial charge in [-0.2, -0.15) is 4.31 Å². The number of halogens is 2. The molecule has 0 bridgehead atoms.